The molecule has 0 radical (unpaired) electrons. The molecule has 0 bridgehead atoms. The van der Waals surface area contributed by atoms with Crippen molar-refractivity contribution < 1.29 is 9.15 Å². The lowest BCUT2D eigenvalue weighted by Crippen LogP contribution is -2.12. The summed E-state index contributed by atoms with van der Waals surface area (Å²) in [5.41, 5.74) is 2.50. The standard InChI is InChI=1S/C12H16N4O2/c1-8(2)12-14-10(16-13)6-11(15-12)18-7-9-4-3-5-17-9/h3-6,8H,7,13H2,1-2H3,(H,14,15,16). The summed E-state index contributed by atoms with van der Waals surface area (Å²) >= 11 is 0. The van der Waals surface area contributed by atoms with Crippen LogP contribution in [0.2, 0.25) is 0 Å². The van der Waals surface area contributed by atoms with Gasteiger partial charge in [-0.3, -0.25) is 0 Å². The Morgan fingerprint density at radius 2 is 2.28 bits per heavy atom. The van der Waals surface area contributed by atoms with Crippen LogP contribution in [0.1, 0.15) is 31.4 Å². The summed E-state index contributed by atoms with van der Waals surface area (Å²) in [4.78, 5) is 8.56. The summed E-state index contributed by atoms with van der Waals surface area (Å²) < 4.78 is 10.7. The van der Waals surface area contributed by atoms with E-state index in [-0.39, 0.29) is 5.92 Å². The van der Waals surface area contributed by atoms with Gasteiger partial charge in [0.2, 0.25) is 5.88 Å². The van der Waals surface area contributed by atoms with Crippen LogP contribution >= 0.6 is 0 Å². The molecule has 0 atom stereocenters. The third kappa shape index (κ3) is 2.98. The van der Waals surface area contributed by atoms with Gasteiger partial charge in [0.15, 0.2) is 0 Å². The van der Waals surface area contributed by atoms with Gasteiger partial charge in [0.25, 0.3) is 0 Å². The molecule has 6 nitrogen and oxygen atoms in total. The van der Waals surface area contributed by atoms with E-state index in [9.17, 15) is 0 Å². The summed E-state index contributed by atoms with van der Waals surface area (Å²) in [6.45, 7) is 4.34. The molecule has 0 amide bonds. The van der Waals surface area contributed by atoms with Crippen LogP contribution in [0.15, 0.2) is 28.9 Å². The number of nitrogens with one attached hydrogen (secondary N) is 1. The zero-order valence-corrected chi connectivity index (χ0v) is 10.4. The molecule has 2 heterocycles. The maximum Gasteiger partial charge on any atom is 0.219 e. The number of hydrogen-bond acceptors (Lipinski definition) is 6. The number of nitrogens with two attached hydrogens (primary N) is 1. The zero-order valence-electron chi connectivity index (χ0n) is 10.4. The number of nitrogen functional groups attached to an aromatic ring is 1. The lowest BCUT2D eigenvalue weighted by molar-refractivity contribution is 0.259. The van der Waals surface area contributed by atoms with Crippen LogP contribution in [0.25, 0.3) is 0 Å². The number of hydrogen-bond donors (Lipinski definition) is 2. The van der Waals surface area contributed by atoms with Crippen molar-refractivity contribution >= 4 is 5.82 Å². The summed E-state index contributed by atoms with van der Waals surface area (Å²) in [5.74, 6) is 7.98. The highest BCUT2D eigenvalue weighted by Gasteiger charge is 2.09. The minimum absolute atomic E-state index is 0.198. The fourth-order valence-corrected chi connectivity index (χ4v) is 1.39. The molecular formula is C12H16N4O2. The van der Waals surface area contributed by atoms with Crippen LogP contribution in [0.4, 0.5) is 5.82 Å². The summed E-state index contributed by atoms with van der Waals surface area (Å²) in [5, 5.41) is 0. The number of hydrazine groups is 1. The highest BCUT2D eigenvalue weighted by Crippen LogP contribution is 2.18. The molecule has 0 aliphatic heterocycles. The molecule has 0 fully saturated rings. The molecular weight excluding hydrogens is 232 g/mol. The molecule has 2 rings (SSSR count). The summed E-state index contributed by atoms with van der Waals surface area (Å²) in [6.07, 6.45) is 1.60. The molecule has 0 spiro atoms. The topological polar surface area (TPSA) is 86.2 Å². The van der Waals surface area contributed by atoms with Crippen molar-refractivity contribution in [1.29, 1.82) is 0 Å². The molecule has 0 aliphatic carbocycles. The minimum Gasteiger partial charge on any atom is -0.469 e. The highest BCUT2D eigenvalue weighted by atomic mass is 16.5. The molecule has 6 heteroatoms. The second kappa shape index (κ2) is 5.50. The minimum atomic E-state index is 0.198. The predicted molar refractivity (Wildman–Crippen MR) is 67.0 cm³/mol. The molecule has 18 heavy (non-hydrogen) atoms. The second-order valence-electron chi connectivity index (χ2n) is 4.12. The Hall–Kier alpha value is -2.08. The van der Waals surface area contributed by atoms with Gasteiger partial charge in [-0.15, -0.1) is 0 Å². The number of nitrogens with zero attached hydrogens (tertiary/aromatic N) is 2. The van der Waals surface area contributed by atoms with Crippen molar-refractivity contribution in [2.24, 2.45) is 5.84 Å². The molecule has 0 aromatic carbocycles. The van der Waals surface area contributed by atoms with E-state index in [2.05, 4.69) is 15.4 Å². The van der Waals surface area contributed by atoms with Crippen LogP contribution in [0.5, 0.6) is 5.88 Å². The van der Waals surface area contributed by atoms with E-state index in [4.69, 9.17) is 15.0 Å². The third-order valence-corrected chi connectivity index (χ3v) is 2.33. The van der Waals surface area contributed by atoms with Gasteiger partial charge >= 0.3 is 0 Å². The molecule has 0 saturated heterocycles. The molecule has 0 aliphatic rings. The van der Waals surface area contributed by atoms with Crippen LogP contribution in [0, 0.1) is 0 Å². The SMILES string of the molecule is CC(C)c1nc(NN)cc(OCc2ccco2)n1. The Kier molecular flexibility index (Phi) is 3.78. The molecule has 0 unspecified atom stereocenters. The first-order chi connectivity index (χ1) is 8.69. The molecule has 96 valence electrons. The van der Waals surface area contributed by atoms with Crippen molar-refractivity contribution in [2.45, 2.75) is 26.4 Å². The smallest absolute Gasteiger partial charge is 0.219 e. The largest absolute Gasteiger partial charge is 0.469 e. The van der Waals surface area contributed by atoms with Gasteiger partial charge < -0.3 is 14.6 Å². The second-order valence-corrected chi connectivity index (χ2v) is 4.12. The van der Waals surface area contributed by atoms with Gasteiger partial charge in [-0.1, -0.05) is 13.8 Å². The Bertz CT molecular complexity index is 497. The van der Waals surface area contributed by atoms with Crippen molar-refractivity contribution in [3.63, 3.8) is 0 Å². The van der Waals surface area contributed by atoms with E-state index in [1.807, 2.05) is 26.0 Å². The van der Waals surface area contributed by atoms with Gasteiger partial charge in [-0.25, -0.2) is 10.8 Å². The lowest BCUT2D eigenvalue weighted by atomic mass is 10.2. The summed E-state index contributed by atoms with van der Waals surface area (Å²) in [7, 11) is 0. The number of ether oxygens (including phenoxy) is 1. The van der Waals surface area contributed by atoms with Crippen LogP contribution in [-0.4, -0.2) is 9.97 Å². The fraction of sp³-hybridized carbons (Fsp3) is 0.333. The number of furan rings is 1. The normalized spacial score (nSPS) is 10.7. The van der Waals surface area contributed by atoms with Crippen molar-refractivity contribution in [3.05, 3.63) is 36.0 Å². The first-order valence-corrected chi connectivity index (χ1v) is 5.70. The maximum absolute atomic E-state index is 5.54. The molecule has 3 N–H and O–H groups in total. The van der Waals surface area contributed by atoms with Crippen molar-refractivity contribution in [3.8, 4) is 5.88 Å². The van der Waals surface area contributed by atoms with Crippen LogP contribution < -0.4 is 16.0 Å². The Labute approximate surface area is 105 Å². The first-order valence-electron chi connectivity index (χ1n) is 5.70. The molecule has 2 aromatic rings. The summed E-state index contributed by atoms with van der Waals surface area (Å²) in [6, 6.07) is 5.30. The van der Waals surface area contributed by atoms with Gasteiger partial charge in [-0.05, 0) is 12.1 Å². The number of rotatable bonds is 5. The van der Waals surface area contributed by atoms with E-state index >= 15 is 0 Å². The lowest BCUT2D eigenvalue weighted by Gasteiger charge is -2.10. The highest BCUT2D eigenvalue weighted by molar-refractivity contribution is 5.37. The van der Waals surface area contributed by atoms with E-state index in [1.54, 1.807) is 12.3 Å². The Balaban J connectivity index is 2.13. The average molecular weight is 248 g/mol. The van der Waals surface area contributed by atoms with Crippen LogP contribution in [0.3, 0.4) is 0 Å². The van der Waals surface area contributed by atoms with Gasteiger partial charge in [0, 0.05) is 12.0 Å². The quantitative estimate of drug-likeness (QED) is 0.622. The third-order valence-electron chi connectivity index (χ3n) is 2.33. The zero-order chi connectivity index (χ0) is 13.0. The average Bonchev–Trinajstić information content (AvgIpc) is 2.89. The Morgan fingerprint density at radius 3 is 2.89 bits per heavy atom. The van der Waals surface area contributed by atoms with E-state index < -0.39 is 0 Å². The Morgan fingerprint density at radius 1 is 1.44 bits per heavy atom. The predicted octanol–water partition coefficient (Wildman–Crippen LogP) is 2.06. The van der Waals surface area contributed by atoms with Gasteiger partial charge in [-0.2, -0.15) is 4.98 Å². The van der Waals surface area contributed by atoms with E-state index in [0.29, 0.717) is 24.1 Å². The van der Waals surface area contributed by atoms with Crippen LogP contribution in [-0.2, 0) is 6.61 Å². The monoisotopic (exact) mass is 248 g/mol. The number of anilines is 1. The van der Waals surface area contributed by atoms with E-state index in [1.165, 1.54) is 0 Å². The molecule has 0 saturated carbocycles. The van der Waals surface area contributed by atoms with E-state index in [0.717, 1.165) is 5.76 Å². The maximum atomic E-state index is 5.54. The van der Waals surface area contributed by atoms with Crippen molar-refractivity contribution in [2.75, 3.05) is 5.43 Å². The first kappa shape index (κ1) is 12.4. The molecule has 2 aromatic heterocycles. The number of aromatic nitrogens is 2. The van der Waals surface area contributed by atoms with Gasteiger partial charge in [0.05, 0.1) is 6.26 Å². The van der Waals surface area contributed by atoms with Gasteiger partial charge in [0.1, 0.15) is 24.0 Å². The fourth-order valence-electron chi connectivity index (χ4n) is 1.39. The van der Waals surface area contributed by atoms with Crippen molar-refractivity contribution in [1.82, 2.24) is 9.97 Å².